The smallest absolute Gasteiger partial charge is 0.254 e. The summed E-state index contributed by atoms with van der Waals surface area (Å²) in [6, 6.07) is 15.3. The van der Waals surface area contributed by atoms with E-state index >= 15 is 0 Å². The molecule has 0 saturated heterocycles. The van der Waals surface area contributed by atoms with Gasteiger partial charge < -0.3 is 9.88 Å². The van der Waals surface area contributed by atoms with E-state index in [-0.39, 0.29) is 5.91 Å². The second-order valence-electron chi connectivity index (χ2n) is 6.08. The van der Waals surface area contributed by atoms with Crippen molar-refractivity contribution in [2.24, 2.45) is 0 Å². The van der Waals surface area contributed by atoms with Gasteiger partial charge in [0.15, 0.2) is 0 Å². The average Bonchev–Trinajstić information content (AvgIpc) is 2.99. The Morgan fingerprint density at radius 1 is 1.12 bits per heavy atom. The van der Waals surface area contributed by atoms with E-state index in [9.17, 15) is 9.00 Å². The SMILES string of the molecule is CS(=O)c1ccc(C(=O)N2CCc3[nH]c4ccccc4c3C2)cc1. The first kappa shape index (κ1) is 15.1. The topological polar surface area (TPSA) is 53.2 Å². The largest absolute Gasteiger partial charge is 0.358 e. The minimum atomic E-state index is -1.02. The second kappa shape index (κ2) is 5.91. The van der Waals surface area contributed by atoms with Crippen LogP contribution in [-0.4, -0.2) is 32.8 Å². The number of hydrogen-bond donors (Lipinski definition) is 1. The average molecular weight is 338 g/mol. The van der Waals surface area contributed by atoms with Crippen LogP contribution >= 0.6 is 0 Å². The maximum Gasteiger partial charge on any atom is 0.254 e. The molecular formula is C19H18N2O2S. The normalized spacial score (nSPS) is 15.3. The minimum Gasteiger partial charge on any atom is -0.358 e. The van der Waals surface area contributed by atoms with Crippen LogP contribution < -0.4 is 0 Å². The second-order valence-corrected chi connectivity index (χ2v) is 7.46. The van der Waals surface area contributed by atoms with Gasteiger partial charge in [-0.2, -0.15) is 0 Å². The molecule has 4 nitrogen and oxygen atoms in total. The number of aromatic nitrogens is 1. The Bertz CT molecular complexity index is 944. The molecule has 3 aromatic rings. The van der Waals surface area contributed by atoms with Crippen molar-refractivity contribution in [3.8, 4) is 0 Å². The van der Waals surface area contributed by atoms with Gasteiger partial charge in [-0.05, 0) is 30.3 Å². The lowest BCUT2D eigenvalue weighted by Gasteiger charge is -2.27. The molecule has 0 fully saturated rings. The molecule has 0 spiro atoms. The van der Waals surface area contributed by atoms with E-state index in [1.807, 2.05) is 17.0 Å². The van der Waals surface area contributed by atoms with Crippen molar-refractivity contribution in [1.82, 2.24) is 9.88 Å². The molecule has 5 heteroatoms. The van der Waals surface area contributed by atoms with E-state index in [4.69, 9.17) is 0 Å². The number of benzene rings is 2. The number of carbonyl (C=O) groups excluding carboxylic acids is 1. The van der Waals surface area contributed by atoms with Crippen LogP contribution in [0.15, 0.2) is 53.4 Å². The minimum absolute atomic E-state index is 0.0272. The summed E-state index contributed by atoms with van der Waals surface area (Å²) < 4.78 is 11.5. The summed E-state index contributed by atoms with van der Waals surface area (Å²) in [6.07, 6.45) is 2.48. The van der Waals surface area contributed by atoms with Crippen molar-refractivity contribution in [2.45, 2.75) is 17.9 Å². The highest BCUT2D eigenvalue weighted by atomic mass is 32.2. The van der Waals surface area contributed by atoms with E-state index in [0.717, 1.165) is 16.8 Å². The van der Waals surface area contributed by atoms with Gasteiger partial charge in [0.1, 0.15) is 0 Å². The van der Waals surface area contributed by atoms with Crippen molar-refractivity contribution in [1.29, 1.82) is 0 Å². The number of amides is 1. The fraction of sp³-hybridized carbons (Fsp3) is 0.211. The molecule has 24 heavy (non-hydrogen) atoms. The van der Waals surface area contributed by atoms with E-state index in [1.165, 1.54) is 16.6 Å². The first-order chi connectivity index (χ1) is 11.6. The predicted molar refractivity (Wildman–Crippen MR) is 95.5 cm³/mol. The molecule has 2 heterocycles. The monoisotopic (exact) mass is 338 g/mol. The number of H-pyrrole nitrogens is 1. The van der Waals surface area contributed by atoms with Crippen molar-refractivity contribution in [3.05, 3.63) is 65.4 Å². The zero-order chi connectivity index (χ0) is 16.7. The first-order valence-electron chi connectivity index (χ1n) is 7.95. The number of nitrogens with one attached hydrogen (secondary N) is 1. The van der Waals surface area contributed by atoms with Crippen LogP contribution in [0.25, 0.3) is 10.9 Å². The van der Waals surface area contributed by atoms with Gasteiger partial charge in [0.25, 0.3) is 5.91 Å². The number of fused-ring (bicyclic) bond motifs is 3. The Balaban J connectivity index is 1.61. The molecule has 1 atom stereocenters. The number of aromatic amines is 1. The quantitative estimate of drug-likeness (QED) is 0.780. The molecule has 1 aliphatic heterocycles. The lowest BCUT2D eigenvalue weighted by molar-refractivity contribution is 0.0735. The molecular weight excluding hydrogens is 320 g/mol. The zero-order valence-corrected chi connectivity index (χ0v) is 14.2. The standard InChI is InChI=1S/C19H18N2O2S/c1-24(23)14-8-6-13(7-9-14)19(22)21-11-10-18-16(12-21)15-4-2-3-5-17(15)20-18/h2-9,20H,10-12H2,1H3. The highest BCUT2D eigenvalue weighted by Crippen LogP contribution is 2.28. The van der Waals surface area contributed by atoms with E-state index in [0.29, 0.717) is 18.7 Å². The lowest BCUT2D eigenvalue weighted by Crippen LogP contribution is -2.35. The fourth-order valence-electron chi connectivity index (χ4n) is 3.31. The molecule has 1 amide bonds. The molecule has 1 aliphatic rings. The summed E-state index contributed by atoms with van der Waals surface area (Å²) in [5.41, 5.74) is 4.23. The summed E-state index contributed by atoms with van der Waals surface area (Å²) >= 11 is 0. The van der Waals surface area contributed by atoms with Crippen molar-refractivity contribution < 1.29 is 9.00 Å². The van der Waals surface area contributed by atoms with Gasteiger partial charge in [-0.1, -0.05) is 18.2 Å². The Kier molecular flexibility index (Phi) is 3.73. The van der Waals surface area contributed by atoms with Crippen molar-refractivity contribution in [3.63, 3.8) is 0 Å². The Hall–Kier alpha value is -2.40. The van der Waals surface area contributed by atoms with E-state index in [2.05, 4.69) is 17.1 Å². The van der Waals surface area contributed by atoms with Gasteiger partial charge in [-0.25, -0.2) is 0 Å². The Morgan fingerprint density at radius 3 is 2.62 bits per heavy atom. The maximum atomic E-state index is 12.8. The summed E-state index contributed by atoms with van der Waals surface area (Å²) in [6.45, 7) is 1.33. The summed E-state index contributed by atoms with van der Waals surface area (Å²) in [5.74, 6) is 0.0272. The Labute approximate surface area is 142 Å². The highest BCUT2D eigenvalue weighted by Gasteiger charge is 2.24. The van der Waals surface area contributed by atoms with Gasteiger partial charge in [0.2, 0.25) is 0 Å². The number of nitrogens with zero attached hydrogens (tertiary/aromatic N) is 1. The van der Waals surface area contributed by atoms with Crippen LogP contribution in [0.4, 0.5) is 0 Å². The summed E-state index contributed by atoms with van der Waals surface area (Å²) in [5, 5.41) is 1.20. The molecule has 1 aromatic heterocycles. The molecule has 1 N–H and O–H groups in total. The van der Waals surface area contributed by atoms with Gasteiger partial charge in [0.05, 0.1) is 0 Å². The molecule has 2 aromatic carbocycles. The van der Waals surface area contributed by atoms with E-state index in [1.54, 1.807) is 30.5 Å². The van der Waals surface area contributed by atoms with Crippen LogP contribution in [0.3, 0.4) is 0 Å². The zero-order valence-electron chi connectivity index (χ0n) is 13.4. The number of rotatable bonds is 2. The van der Waals surface area contributed by atoms with Crippen LogP contribution in [0, 0.1) is 0 Å². The molecule has 4 rings (SSSR count). The third-order valence-electron chi connectivity index (χ3n) is 4.60. The molecule has 0 saturated carbocycles. The van der Waals surface area contributed by atoms with Crippen LogP contribution in [0.2, 0.25) is 0 Å². The van der Waals surface area contributed by atoms with Crippen LogP contribution in [0.5, 0.6) is 0 Å². The van der Waals surface area contributed by atoms with Crippen molar-refractivity contribution >= 4 is 27.6 Å². The van der Waals surface area contributed by atoms with E-state index < -0.39 is 10.8 Å². The molecule has 0 bridgehead atoms. The summed E-state index contributed by atoms with van der Waals surface area (Å²) in [7, 11) is -1.02. The molecule has 122 valence electrons. The summed E-state index contributed by atoms with van der Waals surface area (Å²) in [4.78, 5) is 18.9. The number of hydrogen-bond acceptors (Lipinski definition) is 2. The Morgan fingerprint density at radius 2 is 1.88 bits per heavy atom. The van der Waals surface area contributed by atoms with Crippen molar-refractivity contribution in [2.75, 3.05) is 12.8 Å². The lowest BCUT2D eigenvalue weighted by atomic mass is 10.0. The third-order valence-corrected chi connectivity index (χ3v) is 5.54. The fourth-order valence-corrected chi connectivity index (χ4v) is 3.83. The van der Waals surface area contributed by atoms with Gasteiger partial charge in [-0.15, -0.1) is 0 Å². The third kappa shape index (κ3) is 2.55. The number of para-hydroxylation sites is 1. The highest BCUT2D eigenvalue weighted by molar-refractivity contribution is 7.84. The van der Waals surface area contributed by atoms with Gasteiger partial charge in [-0.3, -0.25) is 9.00 Å². The predicted octanol–water partition coefficient (Wildman–Crippen LogP) is 3.10. The van der Waals surface area contributed by atoms with Crippen LogP contribution in [-0.2, 0) is 23.8 Å². The maximum absolute atomic E-state index is 12.8. The van der Waals surface area contributed by atoms with Crippen LogP contribution in [0.1, 0.15) is 21.6 Å². The molecule has 1 unspecified atom stereocenters. The first-order valence-corrected chi connectivity index (χ1v) is 9.50. The molecule has 0 radical (unpaired) electrons. The van der Waals surface area contributed by atoms with Gasteiger partial charge >= 0.3 is 0 Å². The number of carbonyl (C=O) groups is 1. The molecule has 0 aliphatic carbocycles. The van der Waals surface area contributed by atoms with Gasteiger partial charge in [0, 0.05) is 69.2 Å².